The molecule has 0 aromatic carbocycles. The third-order valence-electron chi connectivity index (χ3n) is 2.63. The van der Waals surface area contributed by atoms with E-state index in [1.807, 2.05) is 20.8 Å². The smallest absolute Gasteiger partial charge is 0.267 e. The molecule has 1 amide bonds. The number of nitrogens with zero attached hydrogens (tertiary/aromatic N) is 2. The topological polar surface area (TPSA) is 60.4 Å². The number of pyridine rings is 1. The molecule has 0 aliphatic rings. The highest BCUT2D eigenvalue weighted by atomic mass is 19.1. The van der Waals surface area contributed by atoms with E-state index in [9.17, 15) is 9.18 Å². The zero-order valence-corrected chi connectivity index (χ0v) is 9.99. The van der Waals surface area contributed by atoms with Crippen LogP contribution in [0.15, 0.2) is 18.5 Å². The Morgan fingerprint density at radius 1 is 1.47 bits per heavy atom. The monoisotopic (exact) mass is 235 g/mol. The molecule has 0 spiro atoms. The van der Waals surface area contributed by atoms with Crippen molar-refractivity contribution in [3.63, 3.8) is 0 Å². The lowest BCUT2D eigenvalue weighted by molar-refractivity contribution is 0.0994. The first-order valence-electron chi connectivity index (χ1n) is 5.27. The van der Waals surface area contributed by atoms with E-state index in [-0.39, 0.29) is 11.1 Å². The third kappa shape index (κ3) is 1.88. The Balaban J connectivity index is 2.84. The Hall–Kier alpha value is -1.91. The van der Waals surface area contributed by atoms with Gasteiger partial charge >= 0.3 is 0 Å². The Kier molecular flexibility index (Phi) is 2.41. The number of carbonyl (C=O) groups is 1. The van der Waals surface area contributed by atoms with Gasteiger partial charge in [0.25, 0.3) is 5.91 Å². The first-order chi connectivity index (χ1) is 7.80. The average Bonchev–Trinajstić information content (AvgIpc) is 2.57. The Labute approximate surface area is 98.3 Å². The van der Waals surface area contributed by atoms with Crippen LogP contribution in [0.5, 0.6) is 0 Å². The highest BCUT2D eigenvalue weighted by Crippen LogP contribution is 2.27. The number of fused-ring (bicyclic) bond motifs is 1. The van der Waals surface area contributed by atoms with Gasteiger partial charge in [-0.2, -0.15) is 0 Å². The fourth-order valence-corrected chi connectivity index (χ4v) is 1.79. The molecule has 0 aliphatic carbocycles. The van der Waals surface area contributed by atoms with Crippen molar-refractivity contribution in [1.82, 2.24) is 9.38 Å². The lowest BCUT2D eigenvalue weighted by atomic mass is 9.88. The molecule has 2 heterocycles. The predicted molar refractivity (Wildman–Crippen MR) is 62.4 cm³/mol. The van der Waals surface area contributed by atoms with Crippen LogP contribution >= 0.6 is 0 Å². The Bertz CT molecular complexity index is 596. The van der Waals surface area contributed by atoms with Crippen molar-refractivity contribution in [3.05, 3.63) is 35.5 Å². The molecule has 0 unspecified atom stereocenters. The maximum Gasteiger partial charge on any atom is 0.267 e. The number of aromatic nitrogens is 2. The number of carbonyl (C=O) groups excluding carboxylic acids is 1. The number of primary amides is 1. The molecular formula is C12H14FN3O. The lowest BCUT2D eigenvalue weighted by Gasteiger charge is -2.19. The second-order valence-electron chi connectivity index (χ2n) is 5.02. The summed E-state index contributed by atoms with van der Waals surface area (Å²) >= 11 is 0. The van der Waals surface area contributed by atoms with Crippen molar-refractivity contribution < 1.29 is 9.18 Å². The summed E-state index contributed by atoms with van der Waals surface area (Å²) in [5.41, 5.74) is 6.44. The van der Waals surface area contributed by atoms with Gasteiger partial charge in [0.2, 0.25) is 0 Å². The number of halogens is 1. The maximum absolute atomic E-state index is 13.5. The van der Waals surface area contributed by atoms with Crippen LogP contribution in [0.25, 0.3) is 5.65 Å². The van der Waals surface area contributed by atoms with E-state index in [2.05, 4.69) is 4.98 Å². The van der Waals surface area contributed by atoms with Gasteiger partial charge in [-0.05, 0) is 11.5 Å². The van der Waals surface area contributed by atoms with Crippen molar-refractivity contribution >= 4 is 11.6 Å². The van der Waals surface area contributed by atoms with Gasteiger partial charge in [0, 0.05) is 11.8 Å². The van der Waals surface area contributed by atoms with Crippen molar-refractivity contribution in [1.29, 1.82) is 0 Å². The summed E-state index contributed by atoms with van der Waals surface area (Å²) in [7, 11) is 0. The highest BCUT2D eigenvalue weighted by Gasteiger charge is 2.21. The fourth-order valence-electron chi connectivity index (χ4n) is 1.79. The normalized spacial score (nSPS) is 12.0. The number of hydrogen-bond acceptors (Lipinski definition) is 2. The van der Waals surface area contributed by atoms with Crippen LogP contribution in [0.4, 0.5) is 4.39 Å². The minimum atomic E-state index is -0.622. The Morgan fingerprint density at radius 3 is 2.65 bits per heavy atom. The molecule has 5 heteroatoms. The van der Waals surface area contributed by atoms with Crippen LogP contribution in [-0.2, 0) is 5.41 Å². The van der Waals surface area contributed by atoms with E-state index in [1.54, 1.807) is 0 Å². The fraction of sp³-hybridized carbons (Fsp3) is 0.333. The summed E-state index contributed by atoms with van der Waals surface area (Å²) in [5.74, 6) is -1.04. The highest BCUT2D eigenvalue weighted by molar-refractivity contribution is 5.92. The standard InChI is InChI=1S/C12H14FN3O/c1-12(2,3)8-4-7(13)6-16-9(10(14)17)5-15-11(8)16/h4-6H,1-3H3,(H2,14,17). The van der Waals surface area contributed by atoms with Crippen molar-refractivity contribution in [3.8, 4) is 0 Å². The second-order valence-corrected chi connectivity index (χ2v) is 5.02. The van der Waals surface area contributed by atoms with Crippen molar-refractivity contribution in [2.75, 3.05) is 0 Å². The summed E-state index contributed by atoms with van der Waals surface area (Å²) in [4.78, 5) is 15.3. The van der Waals surface area contributed by atoms with Crippen LogP contribution in [0, 0.1) is 5.82 Å². The molecule has 4 nitrogen and oxygen atoms in total. The van der Waals surface area contributed by atoms with Crippen molar-refractivity contribution in [2.24, 2.45) is 5.73 Å². The minimum absolute atomic E-state index is 0.185. The largest absolute Gasteiger partial charge is 0.364 e. The van der Waals surface area contributed by atoms with E-state index < -0.39 is 11.7 Å². The van der Waals surface area contributed by atoms with Gasteiger partial charge in [-0.15, -0.1) is 0 Å². The van der Waals surface area contributed by atoms with E-state index in [4.69, 9.17) is 5.73 Å². The zero-order chi connectivity index (χ0) is 12.8. The van der Waals surface area contributed by atoms with Gasteiger partial charge in [0.05, 0.1) is 6.20 Å². The first kappa shape index (κ1) is 11.6. The predicted octanol–water partition coefficient (Wildman–Crippen LogP) is 1.87. The first-order valence-corrected chi connectivity index (χ1v) is 5.27. The van der Waals surface area contributed by atoms with E-state index >= 15 is 0 Å². The molecule has 2 aromatic rings. The van der Waals surface area contributed by atoms with Crippen LogP contribution < -0.4 is 5.73 Å². The molecule has 0 fully saturated rings. The molecule has 0 saturated carbocycles. The molecule has 0 bridgehead atoms. The van der Waals surface area contributed by atoms with Gasteiger partial charge < -0.3 is 5.73 Å². The number of nitrogens with two attached hydrogens (primary N) is 1. The lowest BCUT2D eigenvalue weighted by Crippen LogP contribution is -2.17. The zero-order valence-electron chi connectivity index (χ0n) is 9.99. The van der Waals surface area contributed by atoms with Gasteiger partial charge in [0.1, 0.15) is 17.2 Å². The third-order valence-corrected chi connectivity index (χ3v) is 2.63. The quantitative estimate of drug-likeness (QED) is 0.820. The van der Waals surface area contributed by atoms with Gasteiger partial charge in [-0.25, -0.2) is 9.37 Å². The summed E-state index contributed by atoms with van der Waals surface area (Å²) in [6, 6.07) is 1.44. The molecule has 0 saturated heterocycles. The molecule has 0 radical (unpaired) electrons. The molecule has 2 N–H and O–H groups in total. The van der Waals surface area contributed by atoms with E-state index in [0.717, 1.165) is 5.56 Å². The number of hydrogen-bond donors (Lipinski definition) is 1. The number of amides is 1. The van der Waals surface area contributed by atoms with Gasteiger partial charge in [-0.1, -0.05) is 20.8 Å². The molecule has 0 aliphatic heterocycles. The molecule has 2 rings (SSSR count). The maximum atomic E-state index is 13.5. The summed E-state index contributed by atoms with van der Waals surface area (Å²) in [6.07, 6.45) is 2.59. The minimum Gasteiger partial charge on any atom is -0.364 e. The Morgan fingerprint density at radius 2 is 2.12 bits per heavy atom. The summed E-state index contributed by atoms with van der Waals surface area (Å²) in [5, 5.41) is 0. The van der Waals surface area contributed by atoms with Gasteiger partial charge in [-0.3, -0.25) is 9.20 Å². The number of imidazole rings is 1. The molecule has 90 valence electrons. The van der Waals surface area contributed by atoms with Crippen molar-refractivity contribution in [2.45, 2.75) is 26.2 Å². The molecule has 17 heavy (non-hydrogen) atoms. The molecule has 2 aromatic heterocycles. The molecular weight excluding hydrogens is 221 g/mol. The van der Waals surface area contributed by atoms with E-state index in [1.165, 1.54) is 22.9 Å². The van der Waals surface area contributed by atoms with Crippen LogP contribution in [0.2, 0.25) is 0 Å². The number of rotatable bonds is 1. The summed E-state index contributed by atoms with van der Waals surface area (Å²) < 4.78 is 14.9. The van der Waals surface area contributed by atoms with E-state index in [0.29, 0.717) is 5.65 Å². The van der Waals surface area contributed by atoms with Crippen LogP contribution in [0.3, 0.4) is 0 Å². The van der Waals surface area contributed by atoms with Crippen LogP contribution in [-0.4, -0.2) is 15.3 Å². The van der Waals surface area contributed by atoms with Gasteiger partial charge in [0.15, 0.2) is 0 Å². The SMILES string of the molecule is CC(C)(C)c1cc(F)cn2c(C(N)=O)cnc12. The average molecular weight is 235 g/mol. The second kappa shape index (κ2) is 3.55. The molecule has 0 atom stereocenters. The summed E-state index contributed by atoms with van der Waals surface area (Å²) in [6.45, 7) is 5.88. The van der Waals surface area contributed by atoms with Crippen LogP contribution in [0.1, 0.15) is 36.8 Å².